The van der Waals surface area contributed by atoms with E-state index in [1.165, 1.54) is 32.1 Å². The highest BCUT2D eigenvalue weighted by Gasteiger charge is 2.18. The van der Waals surface area contributed by atoms with Gasteiger partial charge in [-0.05, 0) is 31.6 Å². The fraction of sp³-hybridized carbons (Fsp3) is 0.667. The van der Waals surface area contributed by atoms with Crippen LogP contribution in [0.25, 0.3) is 0 Å². The highest BCUT2D eigenvalue weighted by Crippen LogP contribution is 2.33. The Morgan fingerprint density at radius 1 is 1.14 bits per heavy atom. The molecule has 14 heavy (non-hydrogen) atoms. The molecule has 0 spiro atoms. The van der Waals surface area contributed by atoms with Crippen LogP contribution in [0.2, 0.25) is 0 Å². The first-order chi connectivity index (χ1) is 6.97. The number of hydrogen-bond acceptors (Lipinski definition) is 2. The van der Waals surface area contributed by atoms with E-state index in [0.717, 1.165) is 20.1 Å². The van der Waals surface area contributed by atoms with Crippen LogP contribution >= 0.6 is 0 Å². The first kappa shape index (κ1) is 13.4. The predicted octanol–water partition coefficient (Wildman–Crippen LogP) is 2.28. The molecule has 2 aliphatic rings. The highest BCUT2D eigenvalue weighted by atomic mass is 16.2. The molecule has 2 aliphatic carbocycles. The van der Waals surface area contributed by atoms with Crippen LogP contribution in [0, 0.1) is 5.92 Å². The van der Waals surface area contributed by atoms with Crippen LogP contribution in [0.5, 0.6) is 0 Å². The molecule has 1 fully saturated rings. The van der Waals surface area contributed by atoms with Crippen molar-refractivity contribution in [3.63, 3.8) is 0 Å². The van der Waals surface area contributed by atoms with E-state index < -0.39 is 0 Å². The van der Waals surface area contributed by atoms with Gasteiger partial charge in [0.1, 0.15) is 0 Å². The average molecular weight is 198 g/mol. The highest BCUT2D eigenvalue weighted by molar-refractivity contribution is 5.21. The van der Waals surface area contributed by atoms with E-state index in [9.17, 15) is 0 Å². The molecule has 0 aromatic carbocycles. The number of allylic oxidation sites excluding steroid dienone is 4. The van der Waals surface area contributed by atoms with Crippen molar-refractivity contribution in [1.29, 1.82) is 0 Å². The largest absolute Gasteiger partial charge is 0.400 e. The van der Waals surface area contributed by atoms with Gasteiger partial charge < -0.3 is 10.2 Å². The Morgan fingerprint density at radius 2 is 1.86 bits per heavy atom. The zero-order valence-corrected chi connectivity index (χ0v) is 9.24. The maximum absolute atomic E-state index is 7.00. The Kier molecular flexibility index (Phi) is 8.59. The molecule has 0 aliphatic heterocycles. The van der Waals surface area contributed by atoms with E-state index in [1.54, 1.807) is 5.57 Å². The lowest BCUT2D eigenvalue weighted by molar-refractivity contribution is 0.399. The summed E-state index contributed by atoms with van der Waals surface area (Å²) in [7, 11) is 2.00. The Bertz CT molecular complexity index is 183. The minimum Gasteiger partial charge on any atom is -0.400 e. The third-order valence-electron chi connectivity index (χ3n) is 2.66. The van der Waals surface area contributed by atoms with E-state index in [1.807, 2.05) is 0 Å². The van der Waals surface area contributed by atoms with Crippen LogP contribution in [-0.4, -0.2) is 24.4 Å². The van der Waals surface area contributed by atoms with Gasteiger partial charge in [-0.25, -0.2) is 0 Å². The van der Waals surface area contributed by atoms with Crippen molar-refractivity contribution in [1.82, 2.24) is 0 Å². The summed E-state index contributed by atoms with van der Waals surface area (Å²) in [6, 6.07) is 0. The molecule has 1 saturated carbocycles. The van der Waals surface area contributed by atoms with Crippen LogP contribution < -0.4 is 0 Å². The lowest BCUT2D eigenvalue weighted by Crippen LogP contribution is -2.10. The summed E-state index contributed by atoms with van der Waals surface area (Å²) in [6.45, 7) is 0. The van der Waals surface area contributed by atoms with Gasteiger partial charge in [0.2, 0.25) is 0 Å². The maximum atomic E-state index is 7.00. The summed E-state index contributed by atoms with van der Waals surface area (Å²) in [5.74, 6) is 0.929. The van der Waals surface area contributed by atoms with E-state index in [0.29, 0.717) is 0 Å². The van der Waals surface area contributed by atoms with Gasteiger partial charge in [-0.15, -0.1) is 0 Å². The lowest BCUT2D eigenvalue weighted by atomic mass is 9.80. The van der Waals surface area contributed by atoms with Gasteiger partial charge in [0.05, 0.1) is 0 Å². The summed E-state index contributed by atoms with van der Waals surface area (Å²) >= 11 is 0. The minimum atomic E-state index is 0.929. The van der Waals surface area contributed by atoms with Crippen LogP contribution in [0.1, 0.15) is 32.1 Å². The molecule has 1 atom stereocenters. The molecule has 0 radical (unpaired) electrons. The number of aliphatic hydroxyl groups excluding tert-OH is 2. The Hall–Kier alpha value is -0.600. The van der Waals surface area contributed by atoms with Crippen LogP contribution in [0.3, 0.4) is 0 Å². The van der Waals surface area contributed by atoms with Gasteiger partial charge in [-0.2, -0.15) is 0 Å². The number of fused-ring (bicyclic) bond motifs is 1. The molecule has 0 aromatic rings. The van der Waals surface area contributed by atoms with E-state index in [-0.39, 0.29) is 0 Å². The molecule has 1 unspecified atom stereocenters. The summed E-state index contributed by atoms with van der Waals surface area (Å²) < 4.78 is 0. The summed E-state index contributed by atoms with van der Waals surface area (Å²) in [5, 5.41) is 14.0. The van der Waals surface area contributed by atoms with Crippen LogP contribution in [-0.2, 0) is 0 Å². The maximum Gasteiger partial charge on any atom is 0.0319 e. The summed E-state index contributed by atoms with van der Waals surface area (Å²) in [4.78, 5) is 0. The Balaban J connectivity index is 0.000000379. The zero-order chi connectivity index (χ0) is 10.8. The van der Waals surface area contributed by atoms with Crippen molar-refractivity contribution >= 4 is 0 Å². The van der Waals surface area contributed by atoms with E-state index in [4.69, 9.17) is 10.2 Å². The number of rotatable bonds is 0. The van der Waals surface area contributed by atoms with Crippen molar-refractivity contribution in [2.45, 2.75) is 32.1 Å². The molecular weight excluding hydrogens is 176 g/mol. The smallest absolute Gasteiger partial charge is 0.0319 e. The van der Waals surface area contributed by atoms with Gasteiger partial charge in [0.15, 0.2) is 0 Å². The van der Waals surface area contributed by atoms with Gasteiger partial charge in [0, 0.05) is 14.2 Å². The quantitative estimate of drug-likeness (QED) is 0.627. The fourth-order valence-electron chi connectivity index (χ4n) is 2.03. The zero-order valence-electron chi connectivity index (χ0n) is 9.24. The molecule has 82 valence electrons. The standard InChI is InChI=1S/C10H14.2CH4O/c1-2-6-10-8-4-3-7-9(10)5-1;2*1-2/h1-2,5,10H,3-4,6-8H2;2*2H,1H3. The average Bonchev–Trinajstić information content (AvgIpc) is 2.34. The second kappa shape index (κ2) is 8.97. The molecule has 0 aromatic heterocycles. The predicted molar refractivity (Wildman–Crippen MR) is 60.1 cm³/mol. The fourth-order valence-corrected chi connectivity index (χ4v) is 2.03. The molecule has 0 amide bonds. The van der Waals surface area contributed by atoms with E-state index >= 15 is 0 Å². The first-order valence-corrected chi connectivity index (χ1v) is 5.22. The summed E-state index contributed by atoms with van der Waals surface area (Å²) in [6.07, 6.45) is 13.9. The third-order valence-corrected chi connectivity index (χ3v) is 2.66. The van der Waals surface area contributed by atoms with Crippen LogP contribution in [0.4, 0.5) is 0 Å². The third kappa shape index (κ3) is 4.07. The van der Waals surface area contributed by atoms with Crippen LogP contribution in [0.15, 0.2) is 23.8 Å². The van der Waals surface area contributed by atoms with Crippen molar-refractivity contribution in [3.05, 3.63) is 23.8 Å². The molecule has 2 nitrogen and oxygen atoms in total. The topological polar surface area (TPSA) is 40.5 Å². The Labute approximate surface area is 87.0 Å². The van der Waals surface area contributed by atoms with Gasteiger partial charge in [-0.3, -0.25) is 0 Å². The molecule has 0 heterocycles. The van der Waals surface area contributed by atoms with Gasteiger partial charge in [-0.1, -0.05) is 30.2 Å². The number of aliphatic hydroxyl groups is 2. The monoisotopic (exact) mass is 198 g/mol. The lowest BCUT2D eigenvalue weighted by Gasteiger charge is -2.25. The van der Waals surface area contributed by atoms with Gasteiger partial charge >= 0.3 is 0 Å². The number of hydrogen-bond donors (Lipinski definition) is 2. The molecular formula is C12H22O2. The molecule has 0 saturated heterocycles. The molecule has 2 rings (SSSR count). The van der Waals surface area contributed by atoms with Crippen molar-refractivity contribution in [2.75, 3.05) is 14.2 Å². The minimum absolute atomic E-state index is 0.929. The molecule has 2 N–H and O–H groups in total. The first-order valence-electron chi connectivity index (χ1n) is 5.22. The van der Waals surface area contributed by atoms with Crippen molar-refractivity contribution in [3.8, 4) is 0 Å². The second-order valence-electron chi connectivity index (χ2n) is 3.35. The Morgan fingerprint density at radius 3 is 2.50 bits per heavy atom. The molecule has 0 bridgehead atoms. The van der Waals surface area contributed by atoms with E-state index in [2.05, 4.69) is 18.2 Å². The summed E-state index contributed by atoms with van der Waals surface area (Å²) in [5.41, 5.74) is 1.72. The SMILES string of the molecule is C1=CCC2CCCCC2=C1.CO.CO. The van der Waals surface area contributed by atoms with Crippen molar-refractivity contribution < 1.29 is 10.2 Å². The normalized spacial score (nSPS) is 23.1. The van der Waals surface area contributed by atoms with Gasteiger partial charge in [0.25, 0.3) is 0 Å². The van der Waals surface area contributed by atoms with Crippen molar-refractivity contribution in [2.24, 2.45) is 5.92 Å². The molecule has 2 heteroatoms. The second-order valence-corrected chi connectivity index (χ2v) is 3.35.